The first-order chi connectivity index (χ1) is 10.3. The average Bonchev–Trinajstić information content (AvgIpc) is 3.08. The zero-order chi connectivity index (χ0) is 14.7. The van der Waals surface area contributed by atoms with Crippen molar-refractivity contribution in [2.75, 3.05) is 13.2 Å². The molecule has 122 valence electrons. The Kier molecular flexibility index (Phi) is 6.09. The fourth-order valence-corrected chi connectivity index (χ4v) is 3.83. The fraction of sp³-hybridized carbons (Fsp3) is 0.588. The van der Waals surface area contributed by atoms with Crippen molar-refractivity contribution in [3.63, 3.8) is 0 Å². The third-order valence-electron chi connectivity index (χ3n) is 4.92. The number of rotatable bonds is 6. The number of benzene rings is 1. The number of nitrogens with two attached hydrogens (primary N) is 1. The highest BCUT2D eigenvalue weighted by atomic mass is 35.5. The van der Waals surface area contributed by atoms with Crippen LogP contribution in [0.25, 0.3) is 0 Å². The first kappa shape index (κ1) is 17.1. The fourth-order valence-electron chi connectivity index (χ4n) is 3.83. The van der Waals surface area contributed by atoms with Gasteiger partial charge in [-0.05, 0) is 49.7 Å². The van der Waals surface area contributed by atoms with Gasteiger partial charge in [-0.1, -0.05) is 18.2 Å². The maximum absolute atomic E-state index is 12.2. The largest absolute Gasteiger partial charge is 0.494 e. The molecule has 2 saturated carbocycles. The van der Waals surface area contributed by atoms with Gasteiger partial charge in [0.25, 0.3) is 0 Å². The van der Waals surface area contributed by atoms with E-state index in [1.807, 2.05) is 30.3 Å². The maximum Gasteiger partial charge on any atom is 0.224 e. The van der Waals surface area contributed by atoms with Crippen LogP contribution in [-0.4, -0.2) is 25.1 Å². The highest BCUT2D eigenvalue weighted by molar-refractivity contribution is 5.85. The molecule has 3 N–H and O–H groups in total. The van der Waals surface area contributed by atoms with Gasteiger partial charge in [0.1, 0.15) is 5.75 Å². The maximum atomic E-state index is 12.2. The first-order valence-electron chi connectivity index (χ1n) is 7.97. The Morgan fingerprint density at radius 3 is 2.64 bits per heavy atom. The van der Waals surface area contributed by atoms with Gasteiger partial charge >= 0.3 is 0 Å². The van der Waals surface area contributed by atoms with E-state index in [1.54, 1.807) is 0 Å². The molecule has 4 unspecified atom stereocenters. The Bertz CT molecular complexity index is 481. The second kappa shape index (κ2) is 7.84. The van der Waals surface area contributed by atoms with E-state index in [1.165, 1.54) is 12.8 Å². The summed E-state index contributed by atoms with van der Waals surface area (Å²) in [5.74, 6) is 2.16. The van der Waals surface area contributed by atoms with Crippen LogP contribution in [0, 0.1) is 17.8 Å². The van der Waals surface area contributed by atoms with Gasteiger partial charge in [-0.3, -0.25) is 4.79 Å². The second-order valence-electron chi connectivity index (χ2n) is 6.24. The number of halogens is 1. The number of para-hydroxylation sites is 1. The predicted octanol–water partition coefficient (Wildman–Crippen LogP) is 2.37. The van der Waals surface area contributed by atoms with Gasteiger partial charge in [0.2, 0.25) is 5.91 Å². The van der Waals surface area contributed by atoms with Crippen molar-refractivity contribution in [1.29, 1.82) is 0 Å². The Labute approximate surface area is 138 Å². The number of carbonyl (C=O) groups is 1. The molecule has 0 saturated heterocycles. The first-order valence-corrected chi connectivity index (χ1v) is 7.97. The molecule has 1 aromatic carbocycles. The molecule has 0 spiro atoms. The standard InChI is InChI=1S/C17H24N2O2.ClH/c18-16-13-8-7-12(11-13)15(16)17(20)19-9-4-10-21-14-5-2-1-3-6-14;/h1-3,5-6,12-13,15-16H,4,7-11,18H2,(H,19,20);1H. The molecule has 1 aromatic rings. The average molecular weight is 325 g/mol. The SMILES string of the molecule is Cl.NC1C2CCC(C2)C1C(=O)NCCCOc1ccccc1. The molecule has 0 aliphatic heterocycles. The van der Waals surface area contributed by atoms with Crippen LogP contribution in [0.15, 0.2) is 30.3 Å². The molecule has 0 heterocycles. The molecule has 0 aromatic heterocycles. The minimum atomic E-state index is 0. The second-order valence-corrected chi connectivity index (χ2v) is 6.24. The Balaban J connectivity index is 0.00000176. The molecule has 2 aliphatic carbocycles. The highest BCUT2D eigenvalue weighted by Gasteiger charge is 2.48. The summed E-state index contributed by atoms with van der Waals surface area (Å²) < 4.78 is 5.61. The zero-order valence-electron chi connectivity index (χ0n) is 12.7. The van der Waals surface area contributed by atoms with Gasteiger partial charge in [-0.15, -0.1) is 12.4 Å². The lowest BCUT2D eigenvalue weighted by Gasteiger charge is -2.27. The van der Waals surface area contributed by atoms with Crippen LogP contribution in [0.1, 0.15) is 25.7 Å². The van der Waals surface area contributed by atoms with Crippen LogP contribution in [0.4, 0.5) is 0 Å². The van der Waals surface area contributed by atoms with E-state index in [2.05, 4.69) is 5.32 Å². The number of amides is 1. The third-order valence-corrected chi connectivity index (χ3v) is 4.92. The van der Waals surface area contributed by atoms with Gasteiger partial charge in [0.05, 0.1) is 12.5 Å². The van der Waals surface area contributed by atoms with Gasteiger partial charge in [-0.2, -0.15) is 0 Å². The minimum Gasteiger partial charge on any atom is -0.494 e. The number of hydrogen-bond donors (Lipinski definition) is 2. The molecule has 1 amide bonds. The number of carbonyl (C=O) groups excluding carboxylic acids is 1. The van der Waals surface area contributed by atoms with Gasteiger partial charge in [0, 0.05) is 12.6 Å². The number of hydrogen-bond acceptors (Lipinski definition) is 3. The van der Waals surface area contributed by atoms with Crippen molar-refractivity contribution in [2.24, 2.45) is 23.5 Å². The lowest BCUT2D eigenvalue weighted by atomic mass is 9.84. The molecule has 5 heteroatoms. The molecule has 4 atom stereocenters. The van der Waals surface area contributed by atoms with E-state index < -0.39 is 0 Å². The summed E-state index contributed by atoms with van der Waals surface area (Å²) in [4.78, 5) is 12.2. The lowest BCUT2D eigenvalue weighted by molar-refractivity contribution is -0.127. The molecule has 22 heavy (non-hydrogen) atoms. The van der Waals surface area contributed by atoms with Gasteiger partial charge in [0.15, 0.2) is 0 Å². The quantitative estimate of drug-likeness (QED) is 0.790. The van der Waals surface area contributed by atoms with E-state index in [-0.39, 0.29) is 30.3 Å². The smallest absolute Gasteiger partial charge is 0.224 e. The van der Waals surface area contributed by atoms with E-state index in [4.69, 9.17) is 10.5 Å². The Hall–Kier alpha value is -1.26. The van der Waals surface area contributed by atoms with Crippen molar-refractivity contribution < 1.29 is 9.53 Å². The molecular weight excluding hydrogens is 300 g/mol. The zero-order valence-corrected chi connectivity index (χ0v) is 13.6. The molecule has 2 bridgehead atoms. The number of ether oxygens (including phenoxy) is 1. The van der Waals surface area contributed by atoms with Crippen LogP contribution < -0.4 is 15.8 Å². The summed E-state index contributed by atoms with van der Waals surface area (Å²) in [5.41, 5.74) is 6.19. The van der Waals surface area contributed by atoms with Crippen LogP contribution in [0.3, 0.4) is 0 Å². The third kappa shape index (κ3) is 3.73. The molecule has 2 aliphatic rings. The Morgan fingerprint density at radius 1 is 1.23 bits per heavy atom. The van der Waals surface area contributed by atoms with Crippen molar-refractivity contribution in [1.82, 2.24) is 5.32 Å². The summed E-state index contributed by atoms with van der Waals surface area (Å²) in [6, 6.07) is 9.82. The van der Waals surface area contributed by atoms with Crippen molar-refractivity contribution in [3.8, 4) is 5.75 Å². The van der Waals surface area contributed by atoms with E-state index >= 15 is 0 Å². The summed E-state index contributed by atoms with van der Waals surface area (Å²) in [7, 11) is 0. The van der Waals surface area contributed by atoms with Crippen molar-refractivity contribution >= 4 is 18.3 Å². The number of nitrogens with one attached hydrogen (secondary N) is 1. The highest BCUT2D eigenvalue weighted by Crippen LogP contribution is 2.47. The summed E-state index contributed by atoms with van der Waals surface area (Å²) in [6.07, 6.45) is 4.35. The summed E-state index contributed by atoms with van der Waals surface area (Å²) in [5, 5.41) is 3.03. The van der Waals surface area contributed by atoms with Crippen LogP contribution in [-0.2, 0) is 4.79 Å². The number of fused-ring (bicyclic) bond motifs is 2. The Morgan fingerprint density at radius 2 is 1.95 bits per heavy atom. The minimum absolute atomic E-state index is 0. The van der Waals surface area contributed by atoms with Crippen molar-refractivity contribution in [3.05, 3.63) is 30.3 Å². The van der Waals surface area contributed by atoms with E-state index in [0.717, 1.165) is 18.6 Å². The van der Waals surface area contributed by atoms with Crippen LogP contribution in [0.2, 0.25) is 0 Å². The van der Waals surface area contributed by atoms with Crippen LogP contribution >= 0.6 is 12.4 Å². The normalized spacial score (nSPS) is 29.0. The van der Waals surface area contributed by atoms with Gasteiger partial charge < -0.3 is 15.8 Å². The lowest BCUT2D eigenvalue weighted by Crippen LogP contribution is -2.45. The summed E-state index contributed by atoms with van der Waals surface area (Å²) in [6.45, 7) is 1.28. The predicted molar refractivity (Wildman–Crippen MR) is 89.1 cm³/mol. The molecule has 0 radical (unpaired) electrons. The molecular formula is C17H25ClN2O2. The molecule has 3 rings (SSSR count). The molecule has 4 nitrogen and oxygen atoms in total. The molecule has 2 fully saturated rings. The van der Waals surface area contributed by atoms with Gasteiger partial charge in [-0.25, -0.2) is 0 Å². The van der Waals surface area contributed by atoms with Crippen molar-refractivity contribution in [2.45, 2.75) is 31.7 Å². The topological polar surface area (TPSA) is 64.4 Å². The van der Waals surface area contributed by atoms with Crippen LogP contribution in [0.5, 0.6) is 5.75 Å². The summed E-state index contributed by atoms with van der Waals surface area (Å²) >= 11 is 0. The monoisotopic (exact) mass is 324 g/mol. The van der Waals surface area contributed by atoms with E-state index in [9.17, 15) is 4.79 Å². The van der Waals surface area contributed by atoms with E-state index in [0.29, 0.717) is 25.0 Å².